The largest absolute Gasteiger partial charge is 0.473 e. The molecular weight excluding hydrogens is 417 g/mol. The maximum absolute atomic E-state index is 13.5. The van der Waals surface area contributed by atoms with Crippen LogP contribution in [0.15, 0.2) is 29.1 Å². The molecule has 2 aromatic rings. The number of carbonyl (C=O) groups excluding carboxylic acids is 1. The Bertz CT molecular complexity index is 1150. The van der Waals surface area contributed by atoms with Crippen LogP contribution in [-0.2, 0) is 17.9 Å². The van der Waals surface area contributed by atoms with Gasteiger partial charge >= 0.3 is 11.8 Å². The van der Waals surface area contributed by atoms with E-state index in [-0.39, 0.29) is 30.2 Å². The molecule has 1 amide bonds. The van der Waals surface area contributed by atoms with Gasteiger partial charge in [-0.1, -0.05) is 6.07 Å². The second-order valence-electron chi connectivity index (χ2n) is 8.83. The van der Waals surface area contributed by atoms with Crippen molar-refractivity contribution in [3.63, 3.8) is 0 Å². The van der Waals surface area contributed by atoms with Crippen LogP contribution in [0.5, 0.6) is 5.88 Å². The summed E-state index contributed by atoms with van der Waals surface area (Å²) in [6.07, 6.45) is -0.362. The van der Waals surface area contributed by atoms with Crippen molar-refractivity contribution in [2.45, 2.75) is 45.6 Å². The standard InChI is InChI=1S/C22H24FN5O4/c1-22(2,3)32-21(30)26-6-7-27-16(11-26)12-28-19(27)9-18(25-20(28)29)31-13-14-4-5-17(23)15(8-14)10-24/h4-5,8-9,16H,6-7,11-13H2,1-3H3. The summed E-state index contributed by atoms with van der Waals surface area (Å²) in [4.78, 5) is 32.7. The minimum absolute atomic E-state index is 0.0424. The fourth-order valence-corrected chi connectivity index (χ4v) is 3.88. The number of aromatic nitrogens is 2. The highest BCUT2D eigenvalue weighted by molar-refractivity contribution is 5.69. The lowest BCUT2D eigenvalue weighted by molar-refractivity contribution is 0.0216. The van der Waals surface area contributed by atoms with Gasteiger partial charge in [0.25, 0.3) is 0 Å². The molecule has 1 saturated heterocycles. The molecule has 1 unspecified atom stereocenters. The van der Waals surface area contributed by atoms with Crippen LogP contribution in [-0.4, -0.2) is 51.8 Å². The topological polar surface area (TPSA) is 101 Å². The maximum Gasteiger partial charge on any atom is 0.410 e. The van der Waals surface area contributed by atoms with Crippen LogP contribution < -0.4 is 15.3 Å². The molecule has 10 heteroatoms. The Morgan fingerprint density at radius 3 is 2.78 bits per heavy atom. The van der Waals surface area contributed by atoms with Crippen molar-refractivity contribution >= 4 is 11.9 Å². The zero-order chi connectivity index (χ0) is 23.0. The zero-order valence-corrected chi connectivity index (χ0v) is 18.2. The summed E-state index contributed by atoms with van der Waals surface area (Å²) in [5, 5.41) is 8.96. The molecule has 0 aliphatic carbocycles. The van der Waals surface area contributed by atoms with Gasteiger partial charge in [-0.2, -0.15) is 10.2 Å². The molecule has 1 fully saturated rings. The second kappa shape index (κ2) is 8.15. The fraction of sp³-hybridized carbons (Fsp3) is 0.455. The van der Waals surface area contributed by atoms with Crippen molar-refractivity contribution in [1.82, 2.24) is 14.5 Å². The Kier molecular flexibility index (Phi) is 5.50. The number of hydrogen-bond acceptors (Lipinski definition) is 7. The van der Waals surface area contributed by atoms with E-state index in [2.05, 4.69) is 9.88 Å². The molecule has 32 heavy (non-hydrogen) atoms. The van der Waals surface area contributed by atoms with E-state index in [1.165, 1.54) is 18.2 Å². The predicted octanol–water partition coefficient (Wildman–Crippen LogP) is 2.27. The van der Waals surface area contributed by atoms with Gasteiger partial charge in [0, 0.05) is 25.7 Å². The van der Waals surface area contributed by atoms with E-state index in [9.17, 15) is 14.0 Å². The third-order valence-electron chi connectivity index (χ3n) is 5.33. The molecule has 2 aliphatic heterocycles. The molecule has 9 nitrogen and oxygen atoms in total. The Morgan fingerprint density at radius 1 is 1.28 bits per heavy atom. The summed E-state index contributed by atoms with van der Waals surface area (Å²) in [6, 6.07) is 7.55. The molecule has 1 atom stereocenters. The summed E-state index contributed by atoms with van der Waals surface area (Å²) in [6.45, 7) is 7.41. The highest BCUT2D eigenvalue weighted by Crippen LogP contribution is 2.29. The molecule has 2 aliphatic rings. The van der Waals surface area contributed by atoms with Gasteiger partial charge in [-0.15, -0.1) is 0 Å². The highest BCUT2D eigenvalue weighted by Gasteiger charge is 2.38. The maximum atomic E-state index is 13.5. The molecular formula is C22H24FN5O4. The van der Waals surface area contributed by atoms with Crippen molar-refractivity contribution in [2.75, 3.05) is 24.5 Å². The number of amides is 1. The Hall–Kier alpha value is -3.61. The van der Waals surface area contributed by atoms with Gasteiger partial charge < -0.3 is 19.3 Å². The first-order valence-electron chi connectivity index (χ1n) is 10.3. The lowest BCUT2D eigenvalue weighted by atomic mass is 10.1. The first-order chi connectivity index (χ1) is 15.1. The summed E-state index contributed by atoms with van der Waals surface area (Å²) < 4.78 is 26.2. The number of nitrogens with zero attached hydrogens (tertiary/aromatic N) is 5. The molecule has 1 aromatic heterocycles. The van der Waals surface area contributed by atoms with Crippen LogP contribution in [0.2, 0.25) is 0 Å². The number of carbonyl (C=O) groups is 1. The SMILES string of the molecule is CC(C)(C)OC(=O)N1CCN2c3cc(OCc4ccc(F)c(C#N)c4)nc(=O)n3CC2C1. The van der Waals surface area contributed by atoms with Crippen LogP contribution in [0.1, 0.15) is 31.9 Å². The summed E-state index contributed by atoms with van der Waals surface area (Å²) >= 11 is 0. The molecule has 3 heterocycles. The Balaban J connectivity index is 1.47. The van der Waals surface area contributed by atoms with Gasteiger partial charge in [-0.05, 0) is 38.5 Å². The van der Waals surface area contributed by atoms with Gasteiger partial charge in [0.2, 0.25) is 5.88 Å². The molecule has 1 aromatic carbocycles. The molecule has 0 N–H and O–H groups in total. The van der Waals surface area contributed by atoms with Gasteiger partial charge in [0.15, 0.2) is 0 Å². The molecule has 0 saturated carbocycles. The van der Waals surface area contributed by atoms with Crippen LogP contribution in [0, 0.1) is 17.1 Å². The normalized spacial score (nSPS) is 17.4. The number of piperazine rings is 1. The third-order valence-corrected chi connectivity index (χ3v) is 5.33. The van der Waals surface area contributed by atoms with E-state index in [1.54, 1.807) is 21.6 Å². The zero-order valence-electron chi connectivity index (χ0n) is 18.2. The number of fused-ring (bicyclic) bond motifs is 3. The first kappa shape index (κ1) is 21.6. The van der Waals surface area contributed by atoms with Gasteiger partial charge in [0.1, 0.15) is 29.9 Å². The minimum atomic E-state index is -0.596. The Morgan fingerprint density at radius 2 is 2.06 bits per heavy atom. The van der Waals surface area contributed by atoms with Crippen molar-refractivity contribution in [2.24, 2.45) is 0 Å². The van der Waals surface area contributed by atoms with Crippen molar-refractivity contribution < 1.29 is 18.7 Å². The minimum Gasteiger partial charge on any atom is -0.473 e. The van der Waals surface area contributed by atoms with E-state index >= 15 is 0 Å². The number of nitriles is 1. The lowest BCUT2D eigenvalue weighted by Gasteiger charge is -2.38. The smallest absolute Gasteiger partial charge is 0.410 e. The average Bonchev–Trinajstić information content (AvgIpc) is 3.10. The monoisotopic (exact) mass is 441 g/mol. The number of benzene rings is 1. The van der Waals surface area contributed by atoms with Crippen molar-refractivity contribution in [3.05, 3.63) is 51.7 Å². The lowest BCUT2D eigenvalue weighted by Crippen LogP contribution is -2.54. The first-order valence-corrected chi connectivity index (χ1v) is 10.3. The second-order valence-corrected chi connectivity index (χ2v) is 8.83. The van der Waals surface area contributed by atoms with Crippen LogP contribution in [0.3, 0.4) is 0 Å². The number of anilines is 1. The van der Waals surface area contributed by atoms with Gasteiger partial charge in [-0.25, -0.2) is 14.0 Å². The molecule has 0 spiro atoms. The van der Waals surface area contributed by atoms with Crippen molar-refractivity contribution in [1.29, 1.82) is 5.26 Å². The summed E-state index contributed by atoms with van der Waals surface area (Å²) in [7, 11) is 0. The molecule has 4 rings (SSSR count). The van der Waals surface area contributed by atoms with E-state index < -0.39 is 17.1 Å². The third kappa shape index (κ3) is 4.37. The summed E-state index contributed by atoms with van der Waals surface area (Å²) in [5.74, 6) is 0.242. The van der Waals surface area contributed by atoms with E-state index in [1.807, 2.05) is 20.8 Å². The van der Waals surface area contributed by atoms with E-state index in [4.69, 9.17) is 14.7 Å². The quantitative estimate of drug-likeness (QED) is 0.720. The van der Waals surface area contributed by atoms with Crippen LogP contribution >= 0.6 is 0 Å². The van der Waals surface area contributed by atoms with Gasteiger partial charge in [-0.3, -0.25) is 4.57 Å². The van der Waals surface area contributed by atoms with Crippen LogP contribution in [0.25, 0.3) is 0 Å². The van der Waals surface area contributed by atoms with E-state index in [0.29, 0.717) is 37.6 Å². The predicted molar refractivity (Wildman–Crippen MR) is 113 cm³/mol. The number of rotatable bonds is 3. The molecule has 0 bridgehead atoms. The average molecular weight is 441 g/mol. The highest BCUT2D eigenvalue weighted by atomic mass is 19.1. The number of halogens is 1. The van der Waals surface area contributed by atoms with Gasteiger partial charge in [0.05, 0.1) is 18.2 Å². The van der Waals surface area contributed by atoms with E-state index in [0.717, 1.165) is 0 Å². The molecule has 168 valence electrons. The summed E-state index contributed by atoms with van der Waals surface area (Å²) in [5.41, 5.74) is -0.487. The number of ether oxygens (including phenoxy) is 2. The number of hydrogen-bond donors (Lipinski definition) is 0. The molecule has 0 radical (unpaired) electrons. The van der Waals surface area contributed by atoms with Crippen LogP contribution in [0.4, 0.5) is 15.0 Å². The van der Waals surface area contributed by atoms with Crippen molar-refractivity contribution in [3.8, 4) is 11.9 Å². The Labute approximate surface area is 184 Å². The fourth-order valence-electron chi connectivity index (χ4n) is 3.88.